The second kappa shape index (κ2) is 5.96. The third-order valence-corrected chi connectivity index (χ3v) is 9.42. The quantitative estimate of drug-likeness (QED) is 0.681. The van der Waals surface area contributed by atoms with Crippen molar-refractivity contribution in [3.05, 3.63) is 0 Å². The highest BCUT2D eigenvalue weighted by molar-refractivity contribution is 5.13. The van der Waals surface area contributed by atoms with Crippen LogP contribution in [-0.2, 0) is 0 Å². The van der Waals surface area contributed by atoms with Gasteiger partial charge in [0.2, 0.25) is 0 Å². The fourth-order valence-corrected chi connectivity index (χ4v) is 7.75. The Hall–Kier alpha value is -0.0800. The van der Waals surface area contributed by atoms with Crippen molar-refractivity contribution >= 4 is 0 Å². The van der Waals surface area contributed by atoms with Crippen LogP contribution in [0.4, 0.5) is 0 Å². The van der Waals surface area contributed by atoms with Crippen molar-refractivity contribution in [2.75, 3.05) is 19.6 Å². The summed E-state index contributed by atoms with van der Waals surface area (Å²) in [5.74, 6) is 5.65. The van der Waals surface area contributed by atoms with Gasteiger partial charge in [-0.3, -0.25) is 0 Å². The Labute approximate surface area is 156 Å². The van der Waals surface area contributed by atoms with Crippen molar-refractivity contribution in [1.29, 1.82) is 0 Å². The molecule has 1 unspecified atom stereocenters. The summed E-state index contributed by atoms with van der Waals surface area (Å²) in [5.41, 5.74) is 1.61. The minimum atomic E-state index is 0.454. The molecule has 0 aliphatic heterocycles. The first kappa shape index (κ1) is 18.3. The first-order valence-electron chi connectivity index (χ1n) is 11.1. The van der Waals surface area contributed by atoms with Gasteiger partial charge >= 0.3 is 0 Å². The standard InChI is InChI=1S/C23H42N2/c1-15-9-18-10-20(22(18,5)6)19(15)13-24-7-8-25-23-12-17(16(23)2)11-21(3,4)14-23/h15-20,24-25H,7-14H2,1-6H3/t15-,16-,17?,18-,19+,20-,23-/m0/s1. The molecule has 0 spiro atoms. The molecule has 2 N–H and O–H groups in total. The summed E-state index contributed by atoms with van der Waals surface area (Å²) in [6, 6.07) is 0. The maximum atomic E-state index is 3.99. The van der Waals surface area contributed by atoms with Crippen LogP contribution in [0.15, 0.2) is 0 Å². The van der Waals surface area contributed by atoms with Gasteiger partial charge in [0.1, 0.15) is 0 Å². The van der Waals surface area contributed by atoms with E-state index in [1.54, 1.807) is 0 Å². The fourth-order valence-electron chi connectivity index (χ4n) is 7.75. The Kier molecular flexibility index (Phi) is 4.36. The molecule has 6 fully saturated rings. The van der Waals surface area contributed by atoms with Crippen molar-refractivity contribution in [1.82, 2.24) is 10.6 Å². The first-order valence-corrected chi connectivity index (χ1v) is 11.1. The minimum Gasteiger partial charge on any atom is -0.315 e. The Morgan fingerprint density at radius 1 is 0.960 bits per heavy atom. The lowest BCUT2D eigenvalue weighted by Gasteiger charge is -2.63. The molecule has 6 saturated carbocycles. The topological polar surface area (TPSA) is 24.1 Å². The highest BCUT2D eigenvalue weighted by Crippen LogP contribution is 2.63. The zero-order valence-electron chi connectivity index (χ0n) is 17.6. The van der Waals surface area contributed by atoms with Crippen LogP contribution in [0.25, 0.3) is 0 Å². The summed E-state index contributed by atoms with van der Waals surface area (Å²) in [6.45, 7) is 18.5. The first-order chi connectivity index (χ1) is 11.6. The van der Waals surface area contributed by atoms with Gasteiger partial charge in [-0.1, -0.05) is 41.5 Å². The molecular weight excluding hydrogens is 304 g/mol. The second-order valence-corrected chi connectivity index (χ2v) is 11.8. The van der Waals surface area contributed by atoms with Crippen LogP contribution >= 0.6 is 0 Å². The Morgan fingerprint density at radius 2 is 1.72 bits per heavy atom. The summed E-state index contributed by atoms with van der Waals surface area (Å²) in [4.78, 5) is 0. The number of hydrogen-bond donors (Lipinski definition) is 2. The molecular formula is C23H42N2. The molecule has 0 aromatic rings. The van der Waals surface area contributed by atoms with E-state index in [0.29, 0.717) is 16.4 Å². The summed E-state index contributed by atoms with van der Waals surface area (Å²) in [6.07, 6.45) is 7.20. The average Bonchev–Trinajstić information content (AvgIpc) is 2.53. The van der Waals surface area contributed by atoms with Crippen LogP contribution in [0, 0.1) is 46.3 Å². The van der Waals surface area contributed by atoms with Gasteiger partial charge in [-0.05, 0) is 85.0 Å². The molecule has 4 bridgehead atoms. The molecule has 6 aliphatic carbocycles. The molecule has 0 saturated heterocycles. The number of rotatable bonds is 6. The number of hydrogen-bond acceptors (Lipinski definition) is 2. The lowest BCUT2D eigenvalue weighted by Crippen LogP contribution is -2.68. The van der Waals surface area contributed by atoms with Crippen LogP contribution in [-0.4, -0.2) is 25.2 Å². The van der Waals surface area contributed by atoms with E-state index >= 15 is 0 Å². The predicted molar refractivity (Wildman–Crippen MR) is 107 cm³/mol. The SMILES string of the molecule is C[C@H]1C[C@H]2C[C@@H]([C@@H]1CNCCN[C@@]13CC(CC(C)(C)C1)[C@@H]3C)C2(C)C. The number of nitrogens with one attached hydrogen (secondary N) is 2. The van der Waals surface area contributed by atoms with Gasteiger partial charge in [-0.15, -0.1) is 0 Å². The van der Waals surface area contributed by atoms with Gasteiger partial charge in [0.15, 0.2) is 0 Å². The Balaban J connectivity index is 1.22. The molecule has 0 aromatic carbocycles. The van der Waals surface area contributed by atoms with Crippen LogP contribution in [0.3, 0.4) is 0 Å². The Bertz CT molecular complexity index is 510. The summed E-state index contributed by atoms with van der Waals surface area (Å²) < 4.78 is 0. The molecule has 0 amide bonds. The number of fused-ring (bicyclic) bond motifs is 4. The van der Waals surface area contributed by atoms with Crippen LogP contribution in [0.1, 0.15) is 73.6 Å². The van der Waals surface area contributed by atoms with Gasteiger partial charge in [0.05, 0.1) is 0 Å². The highest BCUT2D eigenvalue weighted by atomic mass is 15.1. The van der Waals surface area contributed by atoms with E-state index in [4.69, 9.17) is 0 Å². The van der Waals surface area contributed by atoms with Gasteiger partial charge in [0, 0.05) is 18.6 Å². The van der Waals surface area contributed by atoms with Crippen molar-refractivity contribution in [3.8, 4) is 0 Å². The minimum absolute atomic E-state index is 0.454. The zero-order valence-corrected chi connectivity index (χ0v) is 17.6. The van der Waals surface area contributed by atoms with E-state index in [-0.39, 0.29) is 0 Å². The molecule has 25 heavy (non-hydrogen) atoms. The summed E-state index contributed by atoms with van der Waals surface area (Å²) in [7, 11) is 0. The fraction of sp³-hybridized carbons (Fsp3) is 1.00. The van der Waals surface area contributed by atoms with E-state index in [0.717, 1.165) is 48.6 Å². The molecule has 6 rings (SSSR count). The lowest BCUT2D eigenvalue weighted by atomic mass is 9.43. The Morgan fingerprint density at radius 3 is 2.40 bits per heavy atom. The van der Waals surface area contributed by atoms with E-state index in [2.05, 4.69) is 52.2 Å². The smallest absolute Gasteiger partial charge is 0.0218 e. The van der Waals surface area contributed by atoms with Crippen LogP contribution in [0.2, 0.25) is 0 Å². The zero-order chi connectivity index (χ0) is 18.0. The average molecular weight is 347 g/mol. The lowest BCUT2D eigenvalue weighted by molar-refractivity contribution is -0.129. The predicted octanol–water partition coefficient (Wildman–Crippen LogP) is 4.70. The molecule has 144 valence electrons. The molecule has 0 heterocycles. The van der Waals surface area contributed by atoms with E-state index in [9.17, 15) is 0 Å². The van der Waals surface area contributed by atoms with Crippen molar-refractivity contribution in [3.63, 3.8) is 0 Å². The van der Waals surface area contributed by atoms with E-state index < -0.39 is 0 Å². The van der Waals surface area contributed by atoms with Crippen molar-refractivity contribution in [2.45, 2.75) is 79.2 Å². The maximum absolute atomic E-state index is 3.99. The van der Waals surface area contributed by atoms with Gasteiger partial charge < -0.3 is 10.6 Å². The second-order valence-electron chi connectivity index (χ2n) is 11.8. The molecule has 2 nitrogen and oxygen atoms in total. The highest BCUT2D eigenvalue weighted by Gasteiger charge is 2.58. The van der Waals surface area contributed by atoms with E-state index in [1.165, 1.54) is 38.6 Å². The summed E-state index contributed by atoms with van der Waals surface area (Å²) >= 11 is 0. The normalized spacial score (nSPS) is 49.2. The van der Waals surface area contributed by atoms with Crippen LogP contribution < -0.4 is 10.6 Å². The third-order valence-electron chi connectivity index (χ3n) is 9.42. The molecule has 0 radical (unpaired) electrons. The van der Waals surface area contributed by atoms with Crippen molar-refractivity contribution in [2.24, 2.45) is 46.3 Å². The summed E-state index contributed by atoms with van der Waals surface area (Å²) in [5, 5.41) is 7.82. The molecule has 0 aromatic heterocycles. The van der Waals surface area contributed by atoms with Crippen molar-refractivity contribution < 1.29 is 0 Å². The largest absolute Gasteiger partial charge is 0.315 e. The molecule has 7 atom stereocenters. The van der Waals surface area contributed by atoms with Gasteiger partial charge in [-0.25, -0.2) is 0 Å². The molecule has 2 heteroatoms. The maximum Gasteiger partial charge on any atom is 0.0218 e. The monoisotopic (exact) mass is 346 g/mol. The van der Waals surface area contributed by atoms with Gasteiger partial charge in [0.25, 0.3) is 0 Å². The third kappa shape index (κ3) is 2.90. The van der Waals surface area contributed by atoms with Crippen LogP contribution in [0.5, 0.6) is 0 Å². The van der Waals surface area contributed by atoms with Gasteiger partial charge in [-0.2, -0.15) is 0 Å². The van der Waals surface area contributed by atoms with E-state index in [1.807, 2.05) is 0 Å². The molecule has 6 aliphatic rings.